The van der Waals surface area contributed by atoms with Gasteiger partial charge in [0.15, 0.2) is 0 Å². The maximum atomic E-state index is 9.86. The molecule has 79 valence electrons. The van der Waals surface area contributed by atoms with Crippen LogP contribution in [0, 0.1) is 40.5 Å². The van der Waals surface area contributed by atoms with E-state index in [2.05, 4.69) is 0 Å². The van der Waals surface area contributed by atoms with Crippen LogP contribution < -0.4 is 0 Å². The van der Waals surface area contributed by atoms with Crippen LogP contribution in [0.5, 0.6) is 0 Å². The molecule has 0 heterocycles. The molecule has 0 aromatic rings. The molecule has 13 heteroatoms. The molecule has 0 aliphatic rings. The van der Waals surface area contributed by atoms with E-state index in [1.807, 2.05) is 0 Å². The molecular formula is CuN4O8. The van der Waals surface area contributed by atoms with Crippen LogP contribution in [0.4, 0.5) is 0 Å². The molecule has 0 atom stereocenters. The predicted octanol–water partition coefficient (Wildman–Crippen LogP) is -1.09. The molecule has 13 heavy (non-hydrogen) atoms. The summed E-state index contributed by atoms with van der Waals surface area (Å²) in [4.78, 5) is 39.4. The predicted molar refractivity (Wildman–Crippen MR) is 28.0 cm³/mol. The fraction of sp³-hybridized carbons (Fsp3) is 0. The van der Waals surface area contributed by atoms with Crippen molar-refractivity contribution >= 4 is 0 Å². The molecule has 0 rings (SSSR count). The van der Waals surface area contributed by atoms with Gasteiger partial charge in [0.05, 0.1) is 0 Å². The average molecular weight is 248 g/mol. The van der Waals surface area contributed by atoms with Gasteiger partial charge in [0.1, 0.15) is 0 Å². The van der Waals surface area contributed by atoms with Crippen LogP contribution in [-0.4, -0.2) is 15.8 Å². The second-order valence-electron chi connectivity index (χ2n) is 1.10. The maximum absolute atomic E-state index is 9.86. The molecule has 0 amide bonds. The summed E-state index contributed by atoms with van der Waals surface area (Å²) in [5.74, 6) is 0. The van der Waals surface area contributed by atoms with Crippen LogP contribution >= 0.6 is 0 Å². The first kappa shape index (κ1) is 11.1. The van der Waals surface area contributed by atoms with Crippen molar-refractivity contribution in [1.82, 2.24) is 0 Å². The van der Waals surface area contributed by atoms with Gasteiger partial charge in [-0.3, -0.25) is 0 Å². The van der Waals surface area contributed by atoms with Crippen molar-refractivity contribution in [2.75, 3.05) is 0 Å². The minimum absolute atomic E-state index is 2.11. The molecule has 0 fully saturated rings. The molecule has 0 bridgehead atoms. The van der Waals surface area contributed by atoms with Crippen LogP contribution in [0.25, 0.3) is 0 Å². The van der Waals surface area contributed by atoms with Crippen molar-refractivity contribution in [3.8, 4) is 0 Å². The summed E-state index contributed by atoms with van der Waals surface area (Å²) >= 11 is -5.51. The molecule has 12 nitrogen and oxygen atoms in total. The topological polar surface area (TPSA) is 173 Å². The van der Waals surface area contributed by atoms with Crippen LogP contribution in [0.3, 0.4) is 0 Å². The van der Waals surface area contributed by atoms with E-state index in [0.717, 1.165) is 0 Å². The molecule has 0 spiro atoms. The van der Waals surface area contributed by atoms with Crippen LogP contribution in [0.2, 0.25) is 0 Å². The van der Waals surface area contributed by atoms with Gasteiger partial charge in [0.2, 0.25) is 0 Å². The second-order valence-corrected chi connectivity index (χ2v) is 3.61. The summed E-state index contributed by atoms with van der Waals surface area (Å²) < 4.78 is -8.44. The Balaban J connectivity index is 5.60. The van der Waals surface area contributed by atoms with Gasteiger partial charge in [0, 0.05) is 0 Å². The Morgan fingerprint density at radius 3 is 0.769 bits per heavy atom. The summed E-state index contributed by atoms with van der Waals surface area (Å²) in [6.45, 7) is 0. The SMILES string of the molecule is O=[N+]([O-])[Cu]([N+](=O)[O-])([N+](=O)[O-])[N+](=O)[O-]. The van der Waals surface area contributed by atoms with E-state index >= 15 is 0 Å². The second kappa shape index (κ2) is 3.24. The van der Waals surface area contributed by atoms with Gasteiger partial charge in [-0.05, 0) is 0 Å². The molecule has 0 saturated heterocycles. The quantitative estimate of drug-likeness (QED) is 0.342. The van der Waals surface area contributed by atoms with Crippen molar-refractivity contribution < 1.29 is 29.5 Å². The average Bonchev–Trinajstić information content (AvgIpc) is 1.82. The first-order valence-electron chi connectivity index (χ1n) is 2.00. The third kappa shape index (κ3) is 1.36. The van der Waals surface area contributed by atoms with E-state index in [1.165, 1.54) is 0 Å². The first-order chi connectivity index (χ1) is 5.77. The molecule has 0 saturated carbocycles. The minimum atomic E-state index is -5.51. The molecular weight excluding hydrogens is 248 g/mol. The Kier molecular flexibility index (Phi) is 2.77. The van der Waals surface area contributed by atoms with Gasteiger partial charge in [-0.1, -0.05) is 0 Å². The normalized spacial score (nSPS) is 11.7. The van der Waals surface area contributed by atoms with Gasteiger partial charge in [-0.15, -0.1) is 0 Å². The van der Waals surface area contributed by atoms with Crippen molar-refractivity contribution in [3.63, 3.8) is 0 Å². The molecule has 0 aliphatic carbocycles. The third-order valence-corrected chi connectivity index (χ3v) is 2.44. The number of hydrogen-bond donors (Lipinski definition) is 0. The van der Waals surface area contributed by atoms with Gasteiger partial charge >= 0.3 is 69.9 Å². The summed E-state index contributed by atoms with van der Waals surface area (Å²) in [7, 11) is 0. The molecule has 0 N–H and O–H groups in total. The Morgan fingerprint density at radius 1 is 0.615 bits per heavy atom. The van der Waals surface area contributed by atoms with Crippen molar-refractivity contribution in [2.24, 2.45) is 0 Å². The Bertz CT molecular complexity index is 231. The van der Waals surface area contributed by atoms with E-state index in [0.29, 0.717) is 0 Å². The van der Waals surface area contributed by atoms with Crippen molar-refractivity contribution in [1.29, 1.82) is 0 Å². The van der Waals surface area contributed by atoms with Gasteiger partial charge in [0.25, 0.3) is 0 Å². The van der Waals surface area contributed by atoms with Crippen molar-refractivity contribution in [3.05, 3.63) is 40.5 Å². The Labute approximate surface area is 70.8 Å². The summed E-state index contributed by atoms with van der Waals surface area (Å²) in [5, 5.41) is 39.4. The van der Waals surface area contributed by atoms with Gasteiger partial charge < -0.3 is 0 Å². The third-order valence-electron chi connectivity index (χ3n) is 0.591. The van der Waals surface area contributed by atoms with Gasteiger partial charge in [-0.25, -0.2) is 0 Å². The molecule has 0 aliphatic heterocycles. The van der Waals surface area contributed by atoms with E-state index in [4.69, 9.17) is 0 Å². The summed E-state index contributed by atoms with van der Waals surface area (Å²) in [6, 6.07) is 0. The molecule has 0 aromatic heterocycles. The van der Waals surface area contributed by atoms with E-state index < -0.39 is 29.5 Å². The monoisotopic (exact) mass is 247 g/mol. The molecule has 0 unspecified atom stereocenters. The summed E-state index contributed by atoms with van der Waals surface area (Å²) in [5.41, 5.74) is 0. The Morgan fingerprint density at radius 2 is 0.769 bits per heavy atom. The number of nitro groups is 4. The molecule has 0 radical (unpaired) electrons. The van der Waals surface area contributed by atoms with Crippen LogP contribution in [-0.2, 0) is 13.7 Å². The zero-order valence-corrected chi connectivity index (χ0v) is 6.30. The standard InChI is InChI=1S/Cu.4NO2/c;4*2-1-3. The molecule has 0 aromatic carbocycles. The van der Waals surface area contributed by atoms with Crippen molar-refractivity contribution in [2.45, 2.75) is 0 Å². The zero-order valence-electron chi connectivity index (χ0n) is 5.36. The van der Waals surface area contributed by atoms with E-state index in [-0.39, 0.29) is 0 Å². The number of hydrogen-bond acceptors (Lipinski definition) is 8. The fourth-order valence-electron chi connectivity index (χ4n) is 0.241. The summed E-state index contributed by atoms with van der Waals surface area (Å²) in [6.07, 6.45) is 0. The number of nitrogens with zero attached hydrogens (tertiary/aromatic N) is 4. The first-order valence-corrected chi connectivity index (χ1v) is 3.68. The van der Waals surface area contributed by atoms with Gasteiger partial charge in [-0.2, -0.15) is 0 Å². The van der Waals surface area contributed by atoms with Crippen LogP contribution in [0.1, 0.15) is 0 Å². The van der Waals surface area contributed by atoms with E-state index in [9.17, 15) is 40.5 Å². The number of rotatable bonds is 4. The zero-order chi connectivity index (χ0) is 10.8. The van der Waals surface area contributed by atoms with E-state index in [1.54, 1.807) is 0 Å². The Hall–Kier alpha value is -1.88. The van der Waals surface area contributed by atoms with Crippen LogP contribution in [0.15, 0.2) is 0 Å². The fourth-order valence-corrected chi connectivity index (χ4v) is 0.995.